The van der Waals surface area contributed by atoms with Crippen LogP contribution in [0.2, 0.25) is 0 Å². The maximum atomic E-state index is 12.8. The molecular formula is C21H21N3O5. The van der Waals surface area contributed by atoms with E-state index < -0.39 is 22.7 Å². The van der Waals surface area contributed by atoms with Crippen LogP contribution >= 0.6 is 0 Å². The number of Topliss-reactive ketones (excluding diaryl/α,β-unsaturated/α-hetero) is 1. The molecule has 29 heavy (non-hydrogen) atoms. The van der Waals surface area contributed by atoms with Crippen molar-refractivity contribution in [2.75, 3.05) is 27.2 Å². The van der Waals surface area contributed by atoms with Gasteiger partial charge in [-0.25, -0.2) is 0 Å². The zero-order chi connectivity index (χ0) is 21.1. The summed E-state index contributed by atoms with van der Waals surface area (Å²) in [6.07, 6.45) is 0. The minimum absolute atomic E-state index is 0.0196. The average Bonchev–Trinajstić information content (AvgIpc) is 2.97. The molecule has 0 saturated carbocycles. The molecule has 8 heteroatoms. The fraction of sp³-hybridized carbons (Fsp3) is 0.238. The number of nitro groups is 1. The van der Waals surface area contributed by atoms with Crippen molar-refractivity contribution in [2.24, 2.45) is 0 Å². The first-order valence-corrected chi connectivity index (χ1v) is 9.04. The number of carbonyl (C=O) groups excluding carboxylic acids is 2. The minimum atomic E-state index is -0.823. The lowest BCUT2D eigenvalue weighted by molar-refractivity contribution is -0.384. The number of ketones is 1. The summed E-state index contributed by atoms with van der Waals surface area (Å²) in [4.78, 5) is 39.3. The summed E-state index contributed by atoms with van der Waals surface area (Å²) in [5.41, 5.74) is 0.826. The molecule has 3 rings (SSSR count). The molecule has 2 aromatic rings. The Morgan fingerprint density at radius 1 is 1.10 bits per heavy atom. The van der Waals surface area contributed by atoms with Crippen LogP contribution in [0.3, 0.4) is 0 Å². The number of benzene rings is 2. The maximum Gasteiger partial charge on any atom is 0.295 e. The van der Waals surface area contributed by atoms with Crippen molar-refractivity contribution in [3.8, 4) is 0 Å². The number of nitro benzene ring substituents is 1. The van der Waals surface area contributed by atoms with E-state index in [1.165, 1.54) is 29.2 Å². The number of aliphatic hydroxyl groups excluding tert-OH is 1. The smallest absolute Gasteiger partial charge is 0.295 e. The van der Waals surface area contributed by atoms with E-state index in [4.69, 9.17) is 0 Å². The van der Waals surface area contributed by atoms with Gasteiger partial charge in [0.2, 0.25) is 0 Å². The summed E-state index contributed by atoms with van der Waals surface area (Å²) in [6.45, 7) is 0.784. The zero-order valence-corrected chi connectivity index (χ0v) is 16.1. The lowest BCUT2D eigenvalue weighted by atomic mass is 9.95. The van der Waals surface area contributed by atoms with Gasteiger partial charge in [-0.15, -0.1) is 0 Å². The Hall–Kier alpha value is -3.52. The lowest BCUT2D eigenvalue weighted by Crippen LogP contribution is -2.35. The number of carbonyl (C=O) groups is 2. The number of rotatable bonds is 6. The molecule has 150 valence electrons. The second-order valence-electron chi connectivity index (χ2n) is 7.01. The molecule has 1 amide bonds. The molecule has 2 aromatic carbocycles. The number of non-ortho nitro benzene ring substituents is 1. The fourth-order valence-electron chi connectivity index (χ4n) is 3.29. The SMILES string of the molecule is CN(C)CCN1C(=O)C(=O)C(=C(O)c2ccccc2)[C@@H]1c1ccc([N+](=O)[O-])cc1. The third kappa shape index (κ3) is 4.02. The Bertz CT molecular complexity index is 968. The molecule has 0 aromatic heterocycles. The molecule has 0 spiro atoms. The molecule has 8 nitrogen and oxygen atoms in total. The summed E-state index contributed by atoms with van der Waals surface area (Å²) in [6, 6.07) is 13.4. The normalized spacial score (nSPS) is 18.4. The quantitative estimate of drug-likeness (QED) is 0.265. The third-order valence-electron chi connectivity index (χ3n) is 4.79. The summed E-state index contributed by atoms with van der Waals surface area (Å²) in [5.74, 6) is -1.74. The Kier molecular flexibility index (Phi) is 5.74. The van der Waals surface area contributed by atoms with Crippen molar-refractivity contribution in [3.05, 3.63) is 81.4 Å². The molecule has 1 atom stereocenters. The highest BCUT2D eigenvalue weighted by molar-refractivity contribution is 6.46. The van der Waals surface area contributed by atoms with E-state index in [1.54, 1.807) is 30.3 Å². The van der Waals surface area contributed by atoms with Crippen LogP contribution in [0.5, 0.6) is 0 Å². The number of aliphatic hydroxyl groups is 1. The summed E-state index contributed by atoms with van der Waals surface area (Å²) >= 11 is 0. The molecular weight excluding hydrogens is 374 g/mol. The highest BCUT2D eigenvalue weighted by atomic mass is 16.6. The fourth-order valence-corrected chi connectivity index (χ4v) is 3.29. The van der Waals surface area contributed by atoms with Crippen molar-refractivity contribution in [2.45, 2.75) is 6.04 Å². The van der Waals surface area contributed by atoms with E-state index in [0.717, 1.165) is 0 Å². The van der Waals surface area contributed by atoms with Gasteiger partial charge in [0.1, 0.15) is 5.76 Å². The topological polar surface area (TPSA) is 104 Å². The standard InChI is InChI=1S/C21H21N3O5/c1-22(2)12-13-23-18(14-8-10-16(11-9-14)24(28)29)17(20(26)21(23)27)19(25)15-6-4-3-5-7-15/h3-11,18,25H,12-13H2,1-2H3/t18-/m0/s1. The van der Waals surface area contributed by atoms with Crippen LogP contribution in [0.4, 0.5) is 5.69 Å². The molecule has 0 aliphatic carbocycles. The molecule has 0 radical (unpaired) electrons. The van der Waals surface area contributed by atoms with Gasteiger partial charge in [0.25, 0.3) is 17.4 Å². The highest BCUT2D eigenvalue weighted by Gasteiger charge is 2.45. The van der Waals surface area contributed by atoms with E-state index in [0.29, 0.717) is 17.7 Å². The number of likely N-dealkylation sites (N-methyl/N-ethyl adjacent to an activating group) is 1. The molecule has 1 heterocycles. The average molecular weight is 395 g/mol. The number of nitrogens with zero attached hydrogens (tertiary/aromatic N) is 3. The molecule has 0 unspecified atom stereocenters. The molecule has 1 fully saturated rings. The predicted octanol–water partition coefficient (Wildman–Crippen LogP) is 2.58. The third-order valence-corrected chi connectivity index (χ3v) is 4.79. The largest absolute Gasteiger partial charge is 0.507 e. The van der Waals surface area contributed by atoms with Crippen LogP contribution < -0.4 is 0 Å². The molecule has 1 aliphatic heterocycles. The van der Waals surface area contributed by atoms with Crippen LogP contribution in [-0.4, -0.2) is 58.7 Å². The van der Waals surface area contributed by atoms with Crippen molar-refractivity contribution in [3.63, 3.8) is 0 Å². The first-order chi connectivity index (χ1) is 13.8. The van der Waals surface area contributed by atoms with E-state index in [9.17, 15) is 24.8 Å². The minimum Gasteiger partial charge on any atom is -0.507 e. The van der Waals surface area contributed by atoms with E-state index in [-0.39, 0.29) is 23.6 Å². The van der Waals surface area contributed by atoms with Crippen LogP contribution in [-0.2, 0) is 9.59 Å². The summed E-state index contributed by atoms with van der Waals surface area (Å²) < 4.78 is 0. The van der Waals surface area contributed by atoms with E-state index in [2.05, 4.69) is 0 Å². The van der Waals surface area contributed by atoms with Gasteiger partial charge in [-0.3, -0.25) is 19.7 Å². The van der Waals surface area contributed by atoms with Crippen LogP contribution in [0.1, 0.15) is 17.2 Å². The van der Waals surface area contributed by atoms with E-state index >= 15 is 0 Å². The van der Waals surface area contributed by atoms with Crippen molar-refractivity contribution in [1.82, 2.24) is 9.80 Å². The molecule has 1 aliphatic rings. The van der Waals surface area contributed by atoms with Gasteiger partial charge in [-0.2, -0.15) is 0 Å². The molecule has 1 saturated heterocycles. The molecule has 1 N–H and O–H groups in total. The molecule has 0 bridgehead atoms. The van der Waals surface area contributed by atoms with Crippen molar-refractivity contribution in [1.29, 1.82) is 0 Å². The number of amides is 1. The van der Waals surface area contributed by atoms with Gasteiger partial charge in [-0.1, -0.05) is 30.3 Å². The number of hydrogen-bond acceptors (Lipinski definition) is 6. The Morgan fingerprint density at radius 3 is 2.28 bits per heavy atom. The Morgan fingerprint density at radius 2 is 1.72 bits per heavy atom. The van der Waals surface area contributed by atoms with Crippen LogP contribution in [0.25, 0.3) is 5.76 Å². The Balaban J connectivity index is 2.13. The van der Waals surface area contributed by atoms with Crippen LogP contribution in [0, 0.1) is 10.1 Å². The first kappa shape index (κ1) is 20.2. The van der Waals surface area contributed by atoms with Crippen LogP contribution in [0.15, 0.2) is 60.2 Å². The first-order valence-electron chi connectivity index (χ1n) is 9.04. The number of hydrogen-bond donors (Lipinski definition) is 1. The van der Waals surface area contributed by atoms with E-state index in [1.807, 2.05) is 19.0 Å². The van der Waals surface area contributed by atoms with Gasteiger partial charge in [0.05, 0.1) is 16.5 Å². The number of likely N-dealkylation sites (tertiary alicyclic amines) is 1. The lowest BCUT2D eigenvalue weighted by Gasteiger charge is -2.26. The summed E-state index contributed by atoms with van der Waals surface area (Å²) in [5, 5.41) is 21.8. The second kappa shape index (κ2) is 8.24. The van der Waals surface area contributed by atoms with Gasteiger partial charge < -0.3 is 14.9 Å². The van der Waals surface area contributed by atoms with Gasteiger partial charge >= 0.3 is 0 Å². The Labute approximate surface area is 167 Å². The zero-order valence-electron chi connectivity index (χ0n) is 16.1. The summed E-state index contributed by atoms with van der Waals surface area (Å²) in [7, 11) is 3.70. The van der Waals surface area contributed by atoms with Gasteiger partial charge in [0, 0.05) is 30.8 Å². The maximum absolute atomic E-state index is 12.8. The highest BCUT2D eigenvalue weighted by Crippen LogP contribution is 2.39. The van der Waals surface area contributed by atoms with Gasteiger partial charge in [0.15, 0.2) is 0 Å². The monoisotopic (exact) mass is 395 g/mol. The second-order valence-corrected chi connectivity index (χ2v) is 7.01. The van der Waals surface area contributed by atoms with Crippen molar-refractivity contribution >= 4 is 23.1 Å². The van der Waals surface area contributed by atoms with Gasteiger partial charge in [-0.05, 0) is 31.8 Å². The predicted molar refractivity (Wildman–Crippen MR) is 107 cm³/mol. The van der Waals surface area contributed by atoms with Crippen molar-refractivity contribution < 1.29 is 19.6 Å².